The van der Waals surface area contributed by atoms with Gasteiger partial charge in [-0.3, -0.25) is 0 Å². The molecule has 31 heavy (non-hydrogen) atoms. The Bertz CT molecular complexity index is 1270. The third-order valence-electron chi connectivity index (χ3n) is 5.50. The van der Waals surface area contributed by atoms with E-state index in [1.807, 2.05) is 17.6 Å². The van der Waals surface area contributed by atoms with Gasteiger partial charge in [-0.1, -0.05) is 25.5 Å². The summed E-state index contributed by atoms with van der Waals surface area (Å²) in [6.07, 6.45) is 6.42. The molecule has 8 heteroatoms. The zero-order chi connectivity index (χ0) is 22.2. The first-order valence-electron chi connectivity index (χ1n) is 10.0. The number of nitrogens with zero attached hydrogens (tertiary/aromatic N) is 5. The largest absolute Gasteiger partial charge is 0.308 e. The number of pyridine rings is 1. The maximum Gasteiger partial charge on any atom is 0.203 e. The lowest BCUT2D eigenvalue weighted by molar-refractivity contribution is 0.587. The van der Waals surface area contributed by atoms with Gasteiger partial charge in [0.15, 0.2) is 5.65 Å². The number of rotatable bonds is 6. The first kappa shape index (κ1) is 22.1. The van der Waals surface area contributed by atoms with E-state index in [2.05, 4.69) is 61.5 Å². The van der Waals surface area contributed by atoms with Gasteiger partial charge in [-0.05, 0) is 75.6 Å². The molecule has 1 aliphatic rings. The number of halogens is 3. The van der Waals surface area contributed by atoms with Crippen molar-refractivity contribution in [3.63, 3.8) is 0 Å². The van der Waals surface area contributed by atoms with Crippen LogP contribution in [0.4, 0.5) is 4.39 Å². The van der Waals surface area contributed by atoms with Crippen molar-refractivity contribution < 1.29 is 4.39 Å². The fourth-order valence-electron chi connectivity index (χ4n) is 3.75. The molecular formula is C23H20BrFIN5. The van der Waals surface area contributed by atoms with Crippen LogP contribution in [0.25, 0.3) is 11.2 Å². The zero-order valence-electron chi connectivity index (χ0n) is 17.2. The number of fused-ring (bicyclic) bond motifs is 1. The van der Waals surface area contributed by atoms with E-state index >= 15 is 4.39 Å². The van der Waals surface area contributed by atoms with Crippen molar-refractivity contribution in [2.45, 2.75) is 45.2 Å². The Hall–Kier alpha value is -2.12. The third-order valence-corrected chi connectivity index (χ3v) is 6.99. The Labute approximate surface area is 202 Å². The van der Waals surface area contributed by atoms with Crippen LogP contribution < -0.4 is 0 Å². The van der Waals surface area contributed by atoms with Gasteiger partial charge in [-0.15, -0.1) is 0 Å². The maximum absolute atomic E-state index is 15.2. The number of unbranched alkanes of at least 4 members (excludes halogenated alkanes) is 1. The highest BCUT2D eigenvalue weighted by Crippen LogP contribution is 2.42. The molecule has 1 aromatic carbocycles. The van der Waals surface area contributed by atoms with E-state index in [0.717, 1.165) is 45.4 Å². The van der Waals surface area contributed by atoms with Crippen LogP contribution in [-0.4, -0.2) is 19.2 Å². The standard InChI is InChI=1S/C23H20BrFIN5/c1-3-4-5-20-29-21-14(2)8-9-28-22(21)31(20)12-15-6-7-16(10-17(15)25)23(13-27)18(26)11-19(24)30-23/h6-11H,3-5,12H2,1-2H3. The monoisotopic (exact) mass is 591 g/mol. The maximum atomic E-state index is 15.2. The van der Waals surface area contributed by atoms with Gasteiger partial charge in [0.2, 0.25) is 5.54 Å². The molecule has 0 N–H and O–H groups in total. The van der Waals surface area contributed by atoms with E-state index < -0.39 is 5.54 Å². The second-order valence-corrected chi connectivity index (χ2v) is 9.55. The normalized spacial score (nSPS) is 18.2. The fourth-order valence-corrected chi connectivity index (χ4v) is 5.52. The van der Waals surface area contributed by atoms with Crippen LogP contribution in [0.15, 0.2) is 45.1 Å². The number of aromatic nitrogens is 3. The van der Waals surface area contributed by atoms with E-state index in [0.29, 0.717) is 22.3 Å². The lowest BCUT2D eigenvalue weighted by Gasteiger charge is -2.20. The Morgan fingerprint density at radius 3 is 2.77 bits per heavy atom. The van der Waals surface area contributed by atoms with Crippen molar-refractivity contribution in [2.75, 3.05) is 0 Å². The topological polar surface area (TPSA) is 66.9 Å². The average molecular weight is 592 g/mol. The molecule has 1 atom stereocenters. The van der Waals surface area contributed by atoms with Gasteiger partial charge in [-0.2, -0.15) is 5.26 Å². The van der Waals surface area contributed by atoms with Crippen molar-refractivity contribution in [1.82, 2.24) is 14.5 Å². The Morgan fingerprint density at radius 1 is 1.32 bits per heavy atom. The van der Waals surface area contributed by atoms with Crippen LogP contribution >= 0.6 is 38.5 Å². The van der Waals surface area contributed by atoms with Crippen LogP contribution in [0.1, 0.15) is 42.3 Å². The number of imidazole rings is 1. The summed E-state index contributed by atoms with van der Waals surface area (Å²) in [4.78, 5) is 13.7. The minimum absolute atomic E-state index is 0.331. The van der Waals surface area contributed by atoms with Gasteiger partial charge in [0, 0.05) is 27.3 Å². The van der Waals surface area contributed by atoms with Crippen molar-refractivity contribution in [3.8, 4) is 6.07 Å². The summed E-state index contributed by atoms with van der Waals surface area (Å²) in [6.45, 7) is 4.48. The average Bonchev–Trinajstić information content (AvgIpc) is 3.25. The van der Waals surface area contributed by atoms with Crippen molar-refractivity contribution in [1.29, 1.82) is 5.26 Å². The summed E-state index contributed by atoms with van der Waals surface area (Å²) >= 11 is 5.41. The number of aryl methyl sites for hydroxylation is 2. The molecule has 0 spiro atoms. The molecule has 0 saturated heterocycles. The lowest BCUT2D eigenvalue weighted by Crippen LogP contribution is -2.20. The summed E-state index contributed by atoms with van der Waals surface area (Å²) in [6, 6.07) is 9.13. The number of allylic oxidation sites excluding steroid dienone is 1. The van der Waals surface area contributed by atoms with Gasteiger partial charge in [0.25, 0.3) is 0 Å². The summed E-state index contributed by atoms with van der Waals surface area (Å²) in [5.74, 6) is 0.544. The van der Waals surface area contributed by atoms with E-state index in [-0.39, 0.29) is 5.82 Å². The zero-order valence-corrected chi connectivity index (χ0v) is 20.9. The summed E-state index contributed by atoms with van der Waals surface area (Å²) in [5, 5.41) is 9.82. The van der Waals surface area contributed by atoms with Crippen molar-refractivity contribution in [3.05, 3.63) is 68.5 Å². The molecule has 3 aromatic rings. The predicted octanol–water partition coefficient (Wildman–Crippen LogP) is 6.11. The molecule has 3 heterocycles. The lowest BCUT2D eigenvalue weighted by atomic mass is 9.92. The minimum atomic E-state index is -1.20. The molecule has 0 radical (unpaired) electrons. The molecule has 0 bridgehead atoms. The number of hydrogen-bond acceptors (Lipinski definition) is 4. The molecule has 0 aliphatic carbocycles. The molecule has 2 aromatic heterocycles. The molecule has 1 aliphatic heterocycles. The van der Waals surface area contributed by atoms with E-state index in [1.165, 1.54) is 6.07 Å². The van der Waals surface area contributed by atoms with Crippen LogP contribution in [0, 0.1) is 24.1 Å². The van der Waals surface area contributed by atoms with Crippen molar-refractivity contribution in [2.24, 2.45) is 4.99 Å². The van der Waals surface area contributed by atoms with E-state index in [1.54, 1.807) is 24.4 Å². The number of hydrogen-bond donors (Lipinski definition) is 0. The van der Waals surface area contributed by atoms with Crippen LogP contribution in [-0.2, 0) is 18.5 Å². The minimum Gasteiger partial charge on any atom is -0.308 e. The van der Waals surface area contributed by atoms with Crippen LogP contribution in [0.2, 0.25) is 0 Å². The first-order chi connectivity index (χ1) is 14.9. The van der Waals surface area contributed by atoms with E-state index in [9.17, 15) is 5.26 Å². The first-order valence-corrected chi connectivity index (χ1v) is 11.9. The molecule has 4 rings (SSSR count). The molecule has 5 nitrogen and oxygen atoms in total. The van der Waals surface area contributed by atoms with Crippen LogP contribution in [0.3, 0.4) is 0 Å². The van der Waals surface area contributed by atoms with Gasteiger partial charge in [0.05, 0.1) is 6.54 Å². The molecule has 158 valence electrons. The SMILES string of the molecule is CCCCc1nc2c(C)ccnc2n1Cc1ccc(C2(C#N)N=C(Br)C=C2I)cc1F. The Kier molecular flexibility index (Phi) is 6.26. The van der Waals surface area contributed by atoms with Gasteiger partial charge < -0.3 is 4.57 Å². The quantitative estimate of drug-likeness (QED) is 0.325. The number of nitriles is 1. The van der Waals surface area contributed by atoms with Crippen molar-refractivity contribution >= 4 is 54.3 Å². The highest BCUT2D eigenvalue weighted by atomic mass is 127. The van der Waals surface area contributed by atoms with Gasteiger partial charge >= 0.3 is 0 Å². The molecule has 0 fully saturated rings. The Balaban J connectivity index is 1.75. The van der Waals surface area contributed by atoms with Gasteiger partial charge in [0.1, 0.15) is 27.8 Å². The number of benzene rings is 1. The second-order valence-electron chi connectivity index (χ2n) is 7.57. The third kappa shape index (κ3) is 3.94. The fraction of sp³-hybridized carbons (Fsp3) is 0.304. The summed E-state index contributed by atoms with van der Waals surface area (Å²) < 4.78 is 18.6. The molecule has 0 saturated carbocycles. The van der Waals surface area contributed by atoms with Crippen LogP contribution in [0.5, 0.6) is 0 Å². The van der Waals surface area contributed by atoms with E-state index in [4.69, 9.17) is 4.98 Å². The second kappa shape index (κ2) is 8.79. The summed E-state index contributed by atoms with van der Waals surface area (Å²) in [5.41, 5.74) is 2.52. The number of aliphatic imine (C=N–C) groups is 1. The summed E-state index contributed by atoms with van der Waals surface area (Å²) in [7, 11) is 0. The molecular weight excluding hydrogens is 572 g/mol. The molecule has 1 unspecified atom stereocenters. The highest BCUT2D eigenvalue weighted by molar-refractivity contribution is 14.1. The predicted molar refractivity (Wildman–Crippen MR) is 132 cm³/mol. The molecule has 0 amide bonds. The highest BCUT2D eigenvalue weighted by Gasteiger charge is 2.39. The van der Waals surface area contributed by atoms with Gasteiger partial charge in [-0.25, -0.2) is 19.4 Å². The smallest absolute Gasteiger partial charge is 0.203 e. The Morgan fingerprint density at radius 2 is 2.13 bits per heavy atom.